The van der Waals surface area contributed by atoms with Gasteiger partial charge in [0.1, 0.15) is 5.40 Å². The highest BCUT2D eigenvalue weighted by atomic mass is 32.1. The van der Waals surface area contributed by atoms with Crippen molar-refractivity contribution >= 4 is 24.7 Å². The van der Waals surface area contributed by atoms with Gasteiger partial charge in [-0.15, -0.1) is 0 Å². The molecule has 0 unspecified atom stereocenters. The number of isocyanates is 1. The van der Waals surface area contributed by atoms with Crippen molar-refractivity contribution in [3.8, 4) is 5.40 Å². The van der Waals surface area contributed by atoms with Gasteiger partial charge in [0.05, 0.1) is 0 Å². The second-order valence-corrected chi connectivity index (χ2v) is 0.857. The molecule has 0 fully saturated rings. The number of nitrogens with two attached hydrogens (primary N) is 2. The molecule has 0 radical (unpaired) electrons. The summed E-state index contributed by atoms with van der Waals surface area (Å²) in [5.41, 5.74) is 8.94. The fourth-order valence-electron chi connectivity index (χ4n) is 0. The molecule has 0 bridgehead atoms. The Labute approximate surface area is 63.2 Å². The molecule has 7 heteroatoms. The Hall–Kier alpha value is -1.51. The summed E-state index contributed by atoms with van der Waals surface area (Å²) < 4.78 is 0. The Balaban J connectivity index is -0.0000000750. The molecule has 56 valence electrons. The summed E-state index contributed by atoms with van der Waals surface area (Å²) in [4.78, 5) is 8.35. The van der Waals surface area contributed by atoms with Crippen LogP contribution in [0.5, 0.6) is 0 Å². The second kappa shape index (κ2) is 25.9. The van der Waals surface area contributed by atoms with Crippen LogP contribution < -0.4 is 11.5 Å². The molecule has 0 saturated carbocycles. The first-order chi connectivity index (χ1) is 4.56. The number of nitriles is 1. The second-order valence-electron chi connectivity index (χ2n) is 0.657. The summed E-state index contributed by atoms with van der Waals surface area (Å²) in [6, 6.07) is 0. The van der Waals surface area contributed by atoms with Crippen LogP contribution in [0, 0.1) is 21.5 Å². The highest BCUT2D eigenvalue weighted by molar-refractivity contribution is 7.85. The van der Waals surface area contributed by atoms with Crippen molar-refractivity contribution < 1.29 is 4.79 Å². The minimum Gasteiger partial charge on any atom is -0.370 e. The minimum absolute atomic E-state index is 0.333. The summed E-state index contributed by atoms with van der Waals surface area (Å²) in [5.74, 6) is -0.333. The first kappa shape index (κ1) is 15.8. The number of nitrogens with one attached hydrogen (secondary N) is 2. The summed E-state index contributed by atoms with van der Waals surface area (Å²) >= 11 is 3.09. The molecule has 0 aromatic heterocycles. The van der Waals surface area contributed by atoms with Crippen molar-refractivity contribution in [3.05, 3.63) is 0 Å². The number of thiocyanates is 1. The van der Waals surface area contributed by atoms with Gasteiger partial charge < -0.3 is 11.5 Å². The molecule has 6 N–H and O–H groups in total. The smallest absolute Gasteiger partial charge is 0.231 e. The third kappa shape index (κ3) is 85.8. The number of guanidine groups is 1. The molecule has 10 heavy (non-hydrogen) atoms. The number of nitrogens with zero attached hydrogens (tertiary/aromatic N) is 1. The van der Waals surface area contributed by atoms with E-state index in [1.807, 2.05) is 0 Å². The van der Waals surface area contributed by atoms with Crippen molar-refractivity contribution in [2.24, 2.45) is 11.5 Å². The Morgan fingerprint density at radius 3 is 1.60 bits per heavy atom. The van der Waals surface area contributed by atoms with E-state index >= 15 is 0 Å². The van der Waals surface area contributed by atoms with E-state index in [-0.39, 0.29) is 5.96 Å². The highest BCUT2D eigenvalue weighted by Gasteiger charge is 1.52. The van der Waals surface area contributed by atoms with Gasteiger partial charge in [-0.3, -0.25) is 5.41 Å². The Morgan fingerprint density at radius 1 is 1.60 bits per heavy atom. The zero-order valence-electron chi connectivity index (χ0n) is 4.96. The van der Waals surface area contributed by atoms with Gasteiger partial charge in [-0.1, -0.05) is 12.6 Å². The summed E-state index contributed by atoms with van der Waals surface area (Å²) in [7, 11) is 0. The molecule has 0 rings (SSSR count). The van der Waals surface area contributed by atoms with Crippen LogP contribution in [-0.4, -0.2) is 12.0 Å². The highest BCUT2D eigenvalue weighted by Crippen LogP contribution is 1.46. The normalized spacial score (nSPS) is 4.00. The summed E-state index contributed by atoms with van der Waals surface area (Å²) in [6.07, 6.45) is 0.750. The third-order valence-corrected chi connectivity index (χ3v) is 0. The molecule has 0 saturated heterocycles. The van der Waals surface area contributed by atoms with Gasteiger partial charge in [0.15, 0.2) is 5.96 Å². The van der Waals surface area contributed by atoms with Crippen molar-refractivity contribution in [3.63, 3.8) is 0 Å². The van der Waals surface area contributed by atoms with Crippen molar-refractivity contribution in [1.29, 1.82) is 16.1 Å². The maximum Gasteiger partial charge on any atom is 0.231 e. The molecule has 0 heterocycles. The third-order valence-electron chi connectivity index (χ3n) is 0. The van der Waals surface area contributed by atoms with Gasteiger partial charge in [0.2, 0.25) is 6.08 Å². The summed E-state index contributed by atoms with van der Waals surface area (Å²) in [5, 5.41) is 20.1. The molecule has 0 atom stereocenters. The monoisotopic (exact) mass is 161 g/mol. The molecule has 0 spiro atoms. The van der Waals surface area contributed by atoms with Gasteiger partial charge in [0, 0.05) is 0 Å². The molecule has 6 nitrogen and oxygen atoms in total. The average molecular weight is 161 g/mol. The largest absolute Gasteiger partial charge is 0.370 e. The SMILES string of the molecule is N#CS.N=C(N)N.N=C=O. The summed E-state index contributed by atoms with van der Waals surface area (Å²) in [6.45, 7) is 0. The van der Waals surface area contributed by atoms with Crippen LogP contribution in [0.1, 0.15) is 0 Å². The fraction of sp³-hybridized carbons (Fsp3) is 0. The van der Waals surface area contributed by atoms with Gasteiger partial charge >= 0.3 is 0 Å². The molecular formula is C3H7N5OS. The van der Waals surface area contributed by atoms with E-state index in [1.165, 1.54) is 5.40 Å². The van der Waals surface area contributed by atoms with Crippen LogP contribution in [0.4, 0.5) is 0 Å². The Bertz CT molecular complexity index is 139. The molecule has 0 aliphatic carbocycles. The fourth-order valence-corrected chi connectivity index (χ4v) is 0. The number of hydrogen-bond donors (Lipinski definition) is 5. The predicted octanol–water partition coefficient (Wildman–Crippen LogP) is -0.863. The maximum atomic E-state index is 8.35. The number of thiol groups is 1. The van der Waals surface area contributed by atoms with Crippen molar-refractivity contribution in [1.82, 2.24) is 0 Å². The number of hydrogen-bond acceptors (Lipinski definition) is 5. The van der Waals surface area contributed by atoms with E-state index < -0.39 is 0 Å². The maximum absolute atomic E-state index is 8.35. The molecule has 0 aromatic carbocycles. The standard InChI is InChI=1S/CH5N3.CHNO.CHNS/c2-1(3)4;2*2-1-3/h(H5,2,3,4);2H;3H. The van der Waals surface area contributed by atoms with Crippen LogP contribution in [0.25, 0.3) is 0 Å². The van der Waals surface area contributed by atoms with E-state index in [4.69, 9.17) is 20.9 Å². The van der Waals surface area contributed by atoms with E-state index in [1.54, 1.807) is 0 Å². The molecule has 0 aliphatic rings. The first-order valence-corrected chi connectivity index (χ1v) is 2.18. The van der Waals surface area contributed by atoms with Crippen LogP contribution in [0.3, 0.4) is 0 Å². The van der Waals surface area contributed by atoms with Gasteiger partial charge in [-0.25, -0.2) is 10.2 Å². The Morgan fingerprint density at radius 2 is 1.60 bits per heavy atom. The molecule has 0 aliphatic heterocycles. The Kier molecular flexibility index (Phi) is 40.9. The van der Waals surface area contributed by atoms with Gasteiger partial charge in [0.25, 0.3) is 0 Å². The minimum atomic E-state index is -0.333. The molecular weight excluding hydrogens is 154 g/mol. The molecule has 0 aromatic rings. The lowest BCUT2D eigenvalue weighted by atomic mass is 11.1. The quantitative estimate of drug-likeness (QED) is 0.103. The number of rotatable bonds is 0. The van der Waals surface area contributed by atoms with Crippen LogP contribution in [-0.2, 0) is 4.79 Å². The van der Waals surface area contributed by atoms with Gasteiger partial charge in [-0.2, -0.15) is 5.26 Å². The van der Waals surface area contributed by atoms with Crippen LogP contribution >= 0.6 is 12.6 Å². The lowest BCUT2D eigenvalue weighted by molar-refractivity contribution is 0.563. The van der Waals surface area contributed by atoms with E-state index in [0.29, 0.717) is 0 Å². The van der Waals surface area contributed by atoms with E-state index in [0.717, 1.165) is 6.08 Å². The zero-order chi connectivity index (χ0) is 8.99. The van der Waals surface area contributed by atoms with E-state index in [9.17, 15) is 0 Å². The van der Waals surface area contributed by atoms with Crippen molar-refractivity contribution in [2.75, 3.05) is 0 Å². The lowest BCUT2D eigenvalue weighted by Gasteiger charge is -1.69. The average Bonchev–Trinajstić information content (AvgIpc) is 1.65. The van der Waals surface area contributed by atoms with E-state index in [2.05, 4.69) is 24.1 Å². The zero-order valence-corrected chi connectivity index (χ0v) is 5.85. The first-order valence-electron chi connectivity index (χ1n) is 1.73. The number of carbonyl (C=O) groups excluding carboxylic acids is 1. The van der Waals surface area contributed by atoms with Crippen LogP contribution in [0.15, 0.2) is 0 Å². The lowest BCUT2D eigenvalue weighted by Crippen LogP contribution is -2.20. The topological polar surface area (TPSA) is 141 Å². The van der Waals surface area contributed by atoms with Crippen molar-refractivity contribution in [2.45, 2.75) is 0 Å². The molecule has 0 amide bonds. The predicted molar refractivity (Wildman–Crippen MR) is 39.1 cm³/mol. The van der Waals surface area contributed by atoms with Crippen LogP contribution in [0.2, 0.25) is 0 Å². The van der Waals surface area contributed by atoms with Gasteiger partial charge in [-0.05, 0) is 0 Å².